The van der Waals surface area contributed by atoms with Gasteiger partial charge in [-0.1, -0.05) is 19.3 Å². The van der Waals surface area contributed by atoms with E-state index in [0.717, 1.165) is 6.42 Å². The highest BCUT2D eigenvalue weighted by Crippen LogP contribution is 2.04. The highest BCUT2D eigenvalue weighted by molar-refractivity contribution is 5.50. The molecular weight excluding hydrogens is 150 g/mol. The summed E-state index contributed by atoms with van der Waals surface area (Å²) in [7, 11) is 4.20. The third-order valence-corrected chi connectivity index (χ3v) is 1.88. The Morgan fingerprint density at radius 1 is 1.00 bits per heavy atom. The lowest BCUT2D eigenvalue weighted by Gasteiger charge is -2.07. The van der Waals surface area contributed by atoms with E-state index in [1.165, 1.54) is 32.2 Å². The standard InChI is InChI=1S/C10H20NO/c1-11(2)9-7-5-3-4-6-8-10-12/h3-9H2,1-2H3. The number of hydrogen-bond acceptors (Lipinski definition) is 2. The number of hydrogen-bond donors (Lipinski definition) is 0. The molecule has 0 heterocycles. The lowest BCUT2D eigenvalue weighted by Crippen LogP contribution is -2.12. The van der Waals surface area contributed by atoms with Crippen molar-refractivity contribution in [2.24, 2.45) is 0 Å². The van der Waals surface area contributed by atoms with Crippen LogP contribution < -0.4 is 0 Å². The topological polar surface area (TPSA) is 20.3 Å². The van der Waals surface area contributed by atoms with Crippen LogP contribution in [0.1, 0.15) is 38.5 Å². The molecule has 0 unspecified atom stereocenters. The number of carbonyl (C=O) groups excluding carboxylic acids is 1. The van der Waals surface area contributed by atoms with E-state index in [-0.39, 0.29) is 0 Å². The first-order valence-corrected chi connectivity index (χ1v) is 4.77. The summed E-state index contributed by atoms with van der Waals surface area (Å²) in [4.78, 5) is 12.1. The number of nitrogens with zero attached hydrogens (tertiary/aromatic N) is 1. The van der Waals surface area contributed by atoms with E-state index in [2.05, 4.69) is 19.0 Å². The fourth-order valence-corrected chi connectivity index (χ4v) is 1.16. The summed E-state index contributed by atoms with van der Waals surface area (Å²) < 4.78 is 0. The van der Waals surface area contributed by atoms with Crippen molar-refractivity contribution in [2.75, 3.05) is 20.6 Å². The molecule has 0 bridgehead atoms. The second kappa shape index (κ2) is 8.72. The van der Waals surface area contributed by atoms with Crippen LogP contribution in [-0.4, -0.2) is 31.8 Å². The van der Waals surface area contributed by atoms with Crippen LogP contribution in [0, 0.1) is 0 Å². The summed E-state index contributed by atoms with van der Waals surface area (Å²) in [6.07, 6.45) is 8.56. The molecule has 0 aliphatic rings. The lowest BCUT2D eigenvalue weighted by molar-refractivity contribution is 0.390. The van der Waals surface area contributed by atoms with Crippen molar-refractivity contribution >= 4 is 6.29 Å². The van der Waals surface area contributed by atoms with Crippen molar-refractivity contribution in [1.82, 2.24) is 4.90 Å². The van der Waals surface area contributed by atoms with E-state index in [1.54, 1.807) is 0 Å². The van der Waals surface area contributed by atoms with E-state index in [9.17, 15) is 4.79 Å². The zero-order chi connectivity index (χ0) is 9.23. The first-order chi connectivity index (χ1) is 5.77. The predicted molar refractivity (Wildman–Crippen MR) is 51.9 cm³/mol. The molecule has 0 aromatic rings. The molecule has 0 fully saturated rings. The molecule has 2 nitrogen and oxygen atoms in total. The Morgan fingerprint density at radius 2 is 1.58 bits per heavy atom. The van der Waals surface area contributed by atoms with E-state index in [4.69, 9.17) is 0 Å². The van der Waals surface area contributed by atoms with Crippen molar-refractivity contribution in [2.45, 2.75) is 38.5 Å². The summed E-state index contributed by atoms with van der Waals surface area (Å²) >= 11 is 0. The zero-order valence-electron chi connectivity index (χ0n) is 8.31. The second-order valence-electron chi connectivity index (χ2n) is 3.47. The fourth-order valence-electron chi connectivity index (χ4n) is 1.16. The van der Waals surface area contributed by atoms with Gasteiger partial charge in [0.1, 0.15) is 0 Å². The normalized spacial score (nSPS) is 10.6. The van der Waals surface area contributed by atoms with E-state index in [0.29, 0.717) is 6.42 Å². The van der Waals surface area contributed by atoms with Crippen molar-refractivity contribution in [3.63, 3.8) is 0 Å². The molecule has 2 heteroatoms. The second-order valence-corrected chi connectivity index (χ2v) is 3.47. The van der Waals surface area contributed by atoms with Gasteiger partial charge in [-0.3, -0.25) is 4.79 Å². The largest absolute Gasteiger partial charge is 0.309 e. The van der Waals surface area contributed by atoms with E-state index >= 15 is 0 Å². The Kier molecular flexibility index (Phi) is 8.46. The van der Waals surface area contributed by atoms with Crippen molar-refractivity contribution < 1.29 is 4.79 Å². The van der Waals surface area contributed by atoms with Gasteiger partial charge in [0.25, 0.3) is 0 Å². The van der Waals surface area contributed by atoms with Crippen LogP contribution in [0.4, 0.5) is 0 Å². The Morgan fingerprint density at radius 3 is 2.17 bits per heavy atom. The van der Waals surface area contributed by atoms with Crippen LogP contribution in [0.2, 0.25) is 0 Å². The summed E-state index contributed by atoms with van der Waals surface area (Å²) in [5, 5.41) is 0. The summed E-state index contributed by atoms with van der Waals surface area (Å²) in [6.45, 7) is 1.18. The van der Waals surface area contributed by atoms with E-state index < -0.39 is 0 Å². The average Bonchev–Trinajstić information content (AvgIpc) is 2.02. The minimum atomic E-state index is 0.619. The van der Waals surface area contributed by atoms with Gasteiger partial charge in [0, 0.05) is 6.42 Å². The Labute approximate surface area is 75.9 Å². The molecule has 0 atom stereocenters. The average molecular weight is 170 g/mol. The maximum absolute atomic E-state index is 9.85. The SMILES string of the molecule is CN(C)CCCCCCC[C]=O. The molecule has 0 saturated carbocycles. The van der Waals surface area contributed by atoms with Crippen molar-refractivity contribution in [3.05, 3.63) is 0 Å². The molecule has 0 aromatic heterocycles. The van der Waals surface area contributed by atoms with Gasteiger partial charge in [0.2, 0.25) is 0 Å². The molecule has 0 aliphatic heterocycles. The van der Waals surface area contributed by atoms with Gasteiger partial charge in [-0.05, 0) is 33.5 Å². The molecule has 12 heavy (non-hydrogen) atoms. The van der Waals surface area contributed by atoms with Crippen LogP contribution in [0.15, 0.2) is 0 Å². The fraction of sp³-hybridized carbons (Fsp3) is 0.900. The quantitative estimate of drug-likeness (QED) is 0.519. The monoisotopic (exact) mass is 170 g/mol. The van der Waals surface area contributed by atoms with Crippen LogP contribution in [0.25, 0.3) is 0 Å². The van der Waals surface area contributed by atoms with Gasteiger partial charge < -0.3 is 4.90 Å². The summed E-state index contributed by atoms with van der Waals surface area (Å²) in [5.41, 5.74) is 0. The lowest BCUT2D eigenvalue weighted by atomic mass is 10.1. The Hall–Kier alpha value is -0.370. The molecule has 0 amide bonds. The molecule has 0 aromatic carbocycles. The summed E-state index contributed by atoms with van der Waals surface area (Å²) in [6, 6.07) is 0. The molecule has 0 N–H and O–H groups in total. The molecule has 0 spiro atoms. The van der Waals surface area contributed by atoms with Gasteiger partial charge in [-0.2, -0.15) is 0 Å². The Bertz CT molecular complexity index is 102. The summed E-state index contributed by atoms with van der Waals surface area (Å²) in [5.74, 6) is 0. The van der Waals surface area contributed by atoms with Crippen LogP contribution >= 0.6 is 0 Å². The van der Waals surface area contributed by atoms with Crippen LogP contribution in [0.5, 0.6) is 0 Å². The molecule has 0 saturated heterocycles. The minimum Gasteiger partial charge on any atom is -0.309 e. The molecule has 71 valence electrons. The van der Waals surface area contributed by atoms with Gasteiger partial charge in [0.15, 0.2) is 6.29 Å². The highest BCUT2D eigenvalue weighted by Gasteiger charge is 1.92. The third kappa shape index (κ3) is 9.63. The minimum absolute atomic E-state index is 0.619. The van der Waals surface area contributed by atoms with Crippen LogP contribution in [-0.2, 0) is 4.79 Å². The van der Waals surface area contributed by atoms with Crippen molar-refractivity contribution in [3.8, 4) is 0 Å². The predicted octanol–water partition coefficient (Wildman–Crippen LogP) is 2.00. The van der Waals surface area contributed by atoms with Crippen LogP contribution in [0.3, 0.4) is 0 Å². The first-order valence-electron chi connectivity index (χ1n) is 4.77. The molecule has 0 aliphatic carbocycles. The Balaban J connectivity index is 2.86. The highest BCUT2D eigenvalue weighted by atomic mass is 16.1. The smallest absolute Gasteiger partial charge is 0.198 e. The zero-order valence-corrected chi connectivity index (χ0v) is 8.31. The number of rotatable bonds is 8. The van der Waals surface area contributed by atoms with Gasteiger partial charge in [-0.15, -0.1) is 0 Å². The third-order valence-electron chi connectivity index (χ3n) is 1.88. The first kappa shape index (κ1) is 11.6. The number of unbranched alkanes of at least 4 members (excludes halogenated alkanes) is 5. The molecular formula is C10H20NO. The molecule has 1 radical (unpaired) electrons. The van der Waals surface area contributed by atoms with E-state index in [1.807, 2.05) is 6.29 Å². The van der Waals surface area contributed by atoms with Gasteiger partial charge in [-0.25, -0.2) is 0 Å². The maximum Gasteiger partial charge on any atom is 0.198 e. The van der Waals surface area contributed by atoms with Crippen molar-refractivity contribution in [1.29, 1.82) is 0 Å². The van der Waals surface area contributed by atoms with Gasteiger partial charge >= 0.3 is 0 Å². The maximum atomic E-state index is 9.85. The molecule has 0 rings (SSSR count). The van der Waals surface area contributed by atoms with Gasteiger partial charge in [0.05, 0.1) is 0 Å².